The Morgan fingerprint density at radius 1 is 1.10 bits per heavy atom. The molecule has 1 fully saturated rings. The number of ether oxygens (including phenoxy) is 4. The molecule has 1 aromatic carbocycles. The Morgan fingerprint density at radius 3 is 2.60 bits per heavy atom. The lowest BCUT2D eigenvalue weighted by Gasteiger charge is -2.30. The number of hydrogen-bond acceptors (Lipinski definition) is 5. The quantitative estimate of drug-likeness (QED) is 0.588. The van der Waals surface area contributed by atoms with Gasteiger partial charge in [0.25, 0.3) is 0 Å². The van der Waals surface area contributed by atoms with Gasteiger partial charge in [0.2, 0.25) is 0 Å². The Kier molecular flexibility index (Phi) is 4.93. The summed E-state index contributed by atoms with van der Waals surface area (Å²) in [5, 5.41) is 0.517. The maximum atomic E-state index is 6.34. The third-order valence-electron chi connectivity index (χ3n) is 5.83. The molecule has 1 saturated heterocycles. The molecule has 1 spiro atoms. The first kappa shape index (κ1) is 19.4. The van der Waals surface area contributed by atoms with Crippen LogP contribution in [0.4, 0.5) is 0 Å². The van der Waals surface area contributed by atoms with E-state index in [2.05, 4.69) is 18.2 Å². The van der Waals surface area contributed by atoms with Crippen LogP contribution in [0, 0.1) is 0 Å². The second-order valence-electron chi connectivity index (χ2n) is 7.54. The summed E-state index contributed by atoms with van der Waals surface area (Å²) in [5.74, 6) is 0.829. The summed E-state index contributed by atoms with van der Waals surface area (Å²) in [7, 11) is 3.21. The zero-order valence-corrected chi connectivity index (χ0v) is 17.7. The lowest BCUT2D eigenvalue weighted by atomic mass is 9.90. The molecular weight excluding hydrogens is 404 g/mol. The molecule has 2 aliphatic rings. The molecule has 5 rings (SSSR count). The highest BCUT2D eigenvalue weighted by Crippen LogP contribution is 2.40. The van der Waals surface area contributed by atoms with Gasteiger partial charge in [0.05, 0.1) is 38.1 Å². The van der Waals surface area contributed by atoms with E-state index in [0.29, 0.717) is 29.7 Å². The van der Waals surface area contributed by atoms with E-state index in [1.807, 2.05) is 22.9 Å². The van der Waals surface area contributed by atoms with Crippen molar-refractivity contribution in [2.75, 3.05) is 27.4 Å². The number of rotatable bonds is 4. The Bertz CT molecular complexity index is 1130. The highest BCUT2D eigenvalue weighted by molar-refractivity contribution is 6.32. The summed E-state index contributed by atoms with van der Waals surface area (Å²) < 4.78 is 24.5. The minimum atomic E-state index is -0.404. The molecule has 3 aromatic rings. The number of aromatic nitrogens is 2. The minimum Gasteiger partial charge on any atom is -0.496 e. The highest BCUT2D eigenvalue weighted by atomic mass is 35.5. The van der Waals surface area contributed by atoms with Crippen molar-refractivity contribution in [3.8, 4) is 22.8 Å². The largest absolute Gasteiger partial charge is 0.496 e. The van der Waals surface area contributed by atoms with Crippen molar-refractivity contribution in [1.29, 1.82) is 0 Å². The smallest absolute Gasteiger partial charge is 0.172 e. The van der Waals surface area contributed by atoms with Gasteiger partial charge in [0.1, 0.15) is 17.1 Å². The Morgan fingerprint density at radius 2 is 1.90 bits per heavy atom. The van der Waals surface area contributed by atoms with E-state index >= 15 is 0 Å². The molecule has 0 radical (unpaired) electrons. The Balaban J connectivity index is 1.48. The van der Waals surface area contributed by atoms with Crippen LogP contribution in [0.1, 0.15) is 24.8 Å². The van der Waals surface area contributed by atoms with Crippen molar-refractivity contribution in [2.45, 2.75) is 25.0 Å². The number of imidazole rings is 1. The fourth-order valence-corrected chi connectivity index (χ4v) is 4.44. The van der Waals surface area contributed by atoms with E-state index in [1.165, 1.54) is 11.1 Å². The van der Waals surface area contributed by atoms with Gasteiger partial charge in [-0.15, -0.1) is 0 Å². The van der Waals surface area contributed by atoms with Crippen LogP contribution in [0.15, 0.2) is 42.7 Å². The van der Waals surface area contributed by atoms with E-state index in [0.717, 1.165) is 36.2 Å². The normalized spacial score (nSPS) is 18.0. The van der Waals surface area contributed by atoms with Crippen molar-refractivity contribution in [1.82, 2.24) is 9.38 Å². The van der Waals surface area contributed by atoms with Crippen LogP contribution in [0.25, 0.3) is 22.5 Å². The molecule has 0 N–H and O–H groups in total. The predicted molar refractivity (Wildman–Crippen MR) is 115 cm³/mol. The lowest BCUT2D eigenvalue weighted by Crippen LogP contribution is -2.31. The van der Waals surface area contributed by atoms with Gasteiger partial charge in [-0.05, 0) is 35.8 Å². The number of methoxy groups -OCH3 is 2. The molecule has 156 valence electrons. The van der Waals surface area contributed by atoms with Crippen molar-refractivity contribution in [3.63, 3.8) is 0 Å². The van der Waals surface area contributed by atoms with E-state index in [4.69, 9.17) is 35.5 Å². The number of hydrogen-bond donors (Lipinski definition) is 0. The third-order valence-corrected chi connectivity index (χ3v) is 6.12. The number of pyridine rings is 1. The number of fused-ring (bicyclic) bond motifs is 1. The number of benzene rings is 1. The summed E-state index contributed by atoms with van der Waals surface area (Å²) >= 11 is 6.34. The van der Waals surface area contributed by atoms with Gasteiger partial charge < -0.3 is 23.3 Å². The van der Waals surface area contributed by atoms with E-state index in [9.17, 15) is 0 Å². The zero-order chi connectivity index (χ0) is 20.7. The fraction of sp³-hybridized carbons (Fsp3) is 0.348. The summed E-state index contributed by atoms with van der Waals surface area (Å²) in [6.07, 6.45) is 8.83. The van der Waals surface area contributed by atoms with Crippen LogP contribution in [-0.2, 0) is 9.47 Å². The monoisotopic (exact) mass is 426 g/mol. The topological polar surface area (TPSA) is 54.2 Å². The number of allylic oxidation sites excluding steroid dienone is 1. The molecule has 2 aromatic heterocycles. The Labute approximate surface area is 180 Å². The summed E-state index contributed by atoms with van der Waals surface area (Å²) in [6, 6.07) is 7.84. The molecule has 0 amide bonds. The standard InChI is InChI=1S/C23H23ClN2O4/c1-27-20-13-21(28-2)18(24)12-17(20)19-14-26-8-5-16(11-22(26)25-19)15-3-6-23(7-4-15)29-9-10-30-23/h3,5,8,11-14H,4,6-7,9-10H2,1-2H3. The minimum absolute atomic E-state index is 0.404. The SMILES string of the molecule is COc1cc(OC)c(-c2cn3ccc(C4=CCC5(CC4)OCCO5)cc3n2)cc1Cl. The highest BCUT2D eigenvalue weighted by Gasteiger charge is 2.37. The van der Waals surface area contributed by atoms with Crippen molar-refractivity contribution in [3.05, 3.63) is 53.3 Å². The van der Waals surface area contributed by atoms with E-state index in [-0.39, 0.29) is 0 Å². The molecule has 30 heavy (non-hydrogen) atoms. The molecular formula is C23H23ClN2O4. The van der Waals surface area contributed by atoms with Gasteiger partial charge in [-0.25, -0.2) is 4.98 Å². The van der Waals surface area contributed by atoms with Crippen LogP contribution in [0.3, 0.4) is 0 Å². The fourth-order valence-electron chi connectivity index (χ4n) is 4.20. The van der Waals surface area contributed by atoms with E-state index in [1.54, 1.807) is 20.3 Å². The van der Waals surface area contributed by atoms with Gasteiger partial charge in [0, 0.05) is 36.9 Å². The Hall–Kier alpha value is -2.54. The molecule has 7 heteroatoms. The van der Waals surface area contributed by atoms with E-state index < -0.39 is 5.79 Å². The molecule has 0 bridgehead atoms. The van der Waals surface area contributed by atoms with Crippen molar-refractivity contribution < 1.29 is 18.9 Å². The first-order valence-corrected chi connectivity index (χ1v) is 10.4. The van der Waals surface area contributed by atoms with Crippen LogP contribution < -0.4 is 9.47 Å². The van der Waals surface area contributed by atoms with Gasteiger partial charge in [0.15, 0.2) is 5.79 Å². The third kappa shape index (κ3) is 3.35. The predicted octanol–water partition coefficient (Wildman–Crippen LogP) is 4.98. The molecule has 0 atom stereocenters. The number of halogens is 1. The summed E-state index contributed by atoms with van der Waals surface area (Å²) in [6.45, 7) is 1.37. The van der Waals surface area contributed by atoms with Crippen LogP contribution in [0.2, 0.25) is 5.02 Å². The van der Waals surface area contributed by atoms with Crippen LogP contribution in [-0.4, -0.2) is 42.6 Å². The van der Waals surface area contributed by atoms with Gasteiger partial charge >= 0.3 is 0 Å². The van der Waals surface area contributed by atoms with Gasteiger partial charge in [-0.2, -0.15) is 0 Å². The van der Waals surface area contributed by atoms with Crippen molar-refractivity contribution in [2.24, 2.45) is 0 Å². The van der Waals surface area contributed by atoms with Crippen molar-refractivity contribution >= 4 is 22.8 Å². The maximum absolute atomic E-state index is 6.34. The molecule has 0 saturated carbocycles. The number of nitrogens with zero attached hydrogens (tertiary/aromatic N) is 2. The molecule has 0 unspecified atom stereocenters. The molecule has 1 aliphatic heterocycles. The van der Waals surface area contributed by atoms with Crippen LogP contribution in [0.5, 0.6) is 11.5 Å². The summed E-state index contributed by atoms with van der Waals surface area (Å²) in [5.41, 5.74) is 4.95. The zero-order valence-electron chi connectivity index (χ0n) is 17.0. The molecule has 3 heterocycles. The van der Waals surface area contributed by atoms with Gasteiger partial charge in [-0.1, -0.05) is 17.7 Å². The lowest BCUT2D eigenvalue weighted by molar-refractivity contribution is -0.159. The average molecular weight is 427 g/mol. The summed E-state index contributed by atoms with van der Waals surface area (Å²) in [4.78, 5) is 4.82. The maximum Gasteiger partial charge on any atom is 0.172 e. The first-order valence-electron chi connectivity index (χ1n) is 9.99. The second-order valence-corrected chi connectivity index (χ2v) is 7.94. The second kappa shape index (κ2) is 7.61. The van der Waals surface area contributed by atoms with Crippen LogP contribution >= 0.6 is 11.6 Å². The molecule has 1 aliphatic carbocycles. The average Bonchev–Trinajstić information content (AvgIpc) is 3.40. The molecule has 6 nitrogen and oxygen atoms in total. The first-order chi connectivity index (χ1) is 14.6. The van der Waals surface area contributed by atoms with Gasteiger partial charge in [-0.3, -0.25) is 0 Å².